The van der Waals surface area contributed by atoms with Crippen LogP contribution < -0.4 is 9.62 Å². The fourth-order valence-electron chi connectivity index (χ4n) is 3.41. The van der Waals surface area contributed by atoms with Crippen LogP contribution in [0.1, 0.15) is 37.4 Å². The number of nitrogens with zero attached hydrogens (tertiary/aromatic N) is 1. The van der Waals surface area contributed by atoms with Gasteiger partial charge in [-0.05, 0) is 48.2 Å². The molecule has 6 heteroatoms. The Kier molecular flexibility index (Phi) is 7.47. The highest BCUT2D eigenvalue weighted by Gasteiger charge is 2.27. The van der Waals surface area contributed by atoms with Crippen LogP contribution >= 0.6 is 0 Å². The highest BCUT2D eigenvalue weighted by molar-refractivity contribution is 7.92. The molecule has 0 saturated carbocycles. The monoisotopic (exact) mass is 436 g/mol. The molecule has 0 radical (unpaired) electrons. The smallest absolute Gasteiger partial charge is 0.264 e. The van der Waals surface area contributed by atoms with Gasteiger partial charge in [0.25, 0.3) is 10.0 Å². The van der Waals surface area contributed by atoms with Gasteiger partial charge in [-0.3, -0.25) is 9.10 Å². The van der Waals surface area contributed by atoms with E-state index < -0.39 is 10.0 Å². The zero-order chi connectivity index (χ0) is 22.3. The Labute approximate surface area is 184 Å². The number of nitrogens with one attached hydrogen (secondary N) is 1. The van der Waals surface area contributed by atoms with Crippen LogP contribution in [0.25, 0.3) is 0 Å². The Bertz CT molecular complexity index is 1080. The maximum atomic E-state index is 13.4. The number of sulfonamides is 1. The molecule has 1 atom stereocenters. The van der Waals surface area contributed by atoms with Crippen molar-refractivity contribution in [3.63, 3.8) is 0 Å². The van der Waals surface area contributed by atoms with E-state index in [1.807, 2.05) is 56.3 Å². The van der Waals surface area contributed by atoms with E-state index in [0.717, 1.165) is 17.5 Å². The van der Waals surface area contributed by atoms with Gasteiger partial charge in [-0.2, -0.15) is 0 Å². The van der Waals surface area contributed by atoms with Crippen LogP contribution in [0.15, 0.2) is 89.8 Å². The summed E-state index contributed by atoms with van der Waals surface area (Å²) in [6, 6.07) is 25.0. The van der Waals surface area contributed by atoms with Gasteiger partial charge in [0.05, 0.1) is 16.6 Å². The predicted molar refractivity (Wildman–Crippen MR) is 124 cm³/mol. The van der Waals surface area contributed by atoms with Crippen molar-refractivity contribution >= 4 is 21.6 Å². The molecule has 0 bridgehead atoms. The summed E-state index contributed by atoms with van der Waals surface area (Å²) in [5.74, 6) is -0.352. The van der Waals surface area contributed by atoms with Gasteiger partial charge < -0.3 is 5.32 Å². The van der Waals surface area contributed by atoms with E-state index in [-0.39, 0.29) is 23.4 Å². The molecule has 0 fully saturated rings. The molecular formula is C25H28N2O3S. The van der Waals surface area contributed by atoms with E-state index in [0.29, 0.717) is 12.1 Å². The maximum Gasteiger partial charge on any atom is 0.264 e. The normalized spacial score (nSPS) is 12.2. The van der Waals surface area contributed by atoms with E-state index in [1.165, 1.54) is 4.31 Å². The molecule has 0 saturated heterocycles. The molecule has 1 N–H and O–H groups in total. The summed E-state index contributed by atoms with van der Waals surface area (Å²) in [6.45, 7) is 3.72. The van der Waals surface area contributed by atoms with Gasteiger partial charge in [-0.1, -0.05) is 74.5 Å². The van der Waals surface area contributed by atoms with Gasteiger partial charge in [-0.15, -0.1) is 0 Å². The first-order valence-electron chi connectivity index (χ1n) is 10.5. The Morgan fingerprint density at radius 3 is 2.00 bits per heavy atom. The van der Waals surface area contributed by atoms with Crippen LogP contribution in [0.3, 0.4) is 0 Å². The molecule has 0 unspecified atom stereocenters. The minimum atomic E-state index is -3.90. The van der Waals surface area contributed by atoms with Crippen molar-refractivity contribution < 1.29 is 13.2 Å². The van der Waals surface area contributed by atoms with Gasteiger partial charge in [0.2, 0.25) is 5.91 Å². The second-order valence-corrected chi connectivity index (χ2v) is 9.15. The van der Waals surface area contributed by atoms with Gasteiger partial charge in [0.15, 0.2) is 0 Å². The maximum absolute atomic E-state index is 13.4. The lowest BCUT2D eigenvalue weighted by molar-refractivity contribution is -0.120. The number of anilines is 1. The number of aryl methyl sites for hydroxylation is 1. The summed E-state index contributed by atoms with van der Waals surface area (Å²) in [6.07, 6.45) is 1.55. The molecule has 1 amide bonds. The lowest BCUT2D eigenvalue weighted by Crippen LogP contribution is -2.42. The number of carbonyl (C=O) groups excluding carboxylic acids is 1. The van der Waals surface area contributed by atoms with Crippen LogP contribution in [0.4, 0.5) is 5.69 Å². The predicted octanol–water partition coefficient (Wildman–Crippen LogP) is 4.71. The third kappa shape index (κ3) is 5.52. The van der Waals surface area contributed by atoms with E-state index in [1.54, 1.807) is 42.5 Å². The van der Waals surface area contributed by atoms with Crippen LogP contribution in [0.5, 0.6) is 0 Å². The Balaban J connectivity index is 1.90. The third-order valence-corrected chi connectivity index (χ3v) is 6.98. The van der Waals surface area contributed by atoms with Crippen LogP contribution in [0.2, 0.25) is 0 Å². The molecule has 5 nitrogen and oxygen atoms in total. The molecule has 3 aromatic carbocycles. The molecule has 31 heavy (non-hydrogen) atoms. The zero-order valence-corrected chi connectivity index (χ0v) is 18.7. The van der Waals surface area contributed by atoms with E-state index in [4.69, 9.17) is 0 Å². The number of carbonyl (C=O) groups is 1. The first kappa shape index (κ1) is 22.6. The van der Waals surface area contributed by atoms with Crippen molar-refractivity contribution in [3.05, 3.63) is 96.1 Å². The highest BCUT2D eigenvalue weighted by atomic mass is 32.2. The van der Waals surface area contributed by atoms with Crippen LogP contribution in [0, 0.1) is 0 Å². The average Bonchev–Trinajstić information content (AvgIpc) is 2.82. The number of amides is 1. The Morgan fingerprint density at radius 2 is 1.45 bits per heavy atom. The molecule has 3 rings (SSSR count). The summed E-state index contributed by atoms with van der Waals surface area (Å²) in [4.78, 5) is 13.1. The second-order valence-electron chi connectivity index (χ2n) is 7.28. The molecule has 0 heterocycles. The first-order valence-corrected chi connectivity index (χ1v) is 11.9. The topological polar surface area (TPSA) is 66.5 Å². The quantitative estimate of drug-likeness (QED) is 0.528. The molecule has 0 aliphatic heterocycles. The van der Waals surface area contributed by atoms with Crippen molar-refractivity contribution in [1.82, 2.24) is 5.32 Å². The fraction of sp³-hybridized carbons (Fsp3) is 0.240. The minimum absolute atomic E-state index is 0.150. The minimum Gasteiger partial charge on any atom is -0.348 e. The van der Waals surface area contributed by atoms with Crippen molar-refractivity contribution in [2.45, 2.75) is 37.6 Å². The first-order chi connectivity index (χ1) is 15.0. The molecule has 162 valence electrons. The SMILES string of the molecule is CCc1ccc(N(CC(=O)N[C@H](CC)c2ccccc2)S(=O)(=O)c2ccccc2)cc1. The molecule has 3 aromatic rings. The standard InChI is InChI=1S/C25H28N2O3S/c1-3-20-15-17-22(18-16-20)27(31(29,30)23-13-9-6-10-14-23)19-25(28)26-24(4-2)21-11-7-5-8-12-21/h5-18,24H,3-4,19H2,1-2H3,(H,26,28)/t24-/m1/s1. The van der Waals surface area contributed by atoms with Crippen LogP contribution in [-0.4, -0.2) is 20.9 Å². The van der Waals surface area contributed by atoms with Crippen molar-refractivity contribution in [3.8, 4) is 0 Å². The van der Waals surface area contributed by atoms with E-state index in [9.17, 15) is 13.2 Å². The van der Waals surface area contributed by atoms with Gasteiger partial charge in [0.1, 0.15) is 6.54 Å². The van der Waals surface area contributed by atoms with Gasteiger partial charge in [0, 0.05) is 0 Å². The number of benzene rings is 3. The summed E-state index contributed by atoms with van der Waals surface area (Å²) in [5, 5.41) is 2.98. The number of rotatable bonds is 9. The average molecular weight is 437 g/mol. The second kappa shape index (κ2) is 10.3. The van der Waals surface area contributed by atoms with Crippen LogP contribution in [-0.2, 0) is 21.2 Å². The van der Waals surface area contributed by atoms with Crippen molar-refractivity contribution in [1.29, 1.82) is 0 Å². The molecule has 0 spiro atoms. The largest absolute Gasteiger partial charge is 0.348 e. The highest BCUT2D eigenvalue weighted by Crippen LogP contribution is 2.24. The third-order valence-electron chi connectivity index (χ3n) is 5.20. The number of hydrogen-bond donors (Lipinski definition) is 1. The molecule has 0 aliphatic carbocycles. The Morgan fingerprint density at radius 1 is 0.871 bits per heavy atom. The number of hydrogen-bond acceptors (Lipinski definition) is 3. The Hall–Kier alpha value is -3.12. The van der Waals surface area contributed by atoms with E-state index >= 15 is 0 Å². The molecule has 0 aliphatic rings. The summed E-state index contributed by atoms with van der Waals surface area (Å²) in [7, 11) is -3.90. The summed E-state index contributed by atoms with van der Waals surface area (Å²) >= 11 is 0. The van der Waals surface area contributed by atoms with E-state index in [2.05, 4.69) is 5.32 Å². The lowest BCUT2D eigenvalue weighted by atomic mass is 10.0. The molecular weight excluding hydrogens is 408 g/mol. The van der Waals surface area contributed by atoms with Crippen molar-refractivity contribution in [2.24, 2.45) is 0 Å². The van der Waals surface area contributed by atoms with Crippen molar-refractivity contribution in [2.75, 3.05) is 10.8 Å². The summed E-state index contributed by atoms with van der Waals surface area (Å²) < 4.78 is 28.0. The fourth-order valence-corrected chi connectivity index (χ4v) is 4.85. The zero-order valence-electron chi connectivity index (χ0n) is 17.9. The molecule has 0 aromatic heterocycles. The van der Waals surface area contributed by atoms with Gasteiger partial charge in [-0.25, -0.2) is 8.42 Å². The lowest BCUT2D eigenvalue weighted by Gasteiger charge is -2.26. The van der Waals surface area contributed by atoms with Gasteiger partial charge >= 0.3 is 0 Å². The summed E-state index contributed by atoms with van der Waals surface area (Å²) in [5.41, 5.74) is 2.55.